The Balaban J connectivity index is 0.000000291. The van der Waals surface area contributed by atoms with E-state index in [-0.39, 0.29) is 0 Å². The molecule has 50 valence electrons. The van der Waals surface area contributed by atoms with Gasteiger partial charge in [0.25, 0.3) is 0 Å². The van der Waals surface area contributed by atoms with Crippen LogP contribution >= 0.6 is 0 Å². The highest BCUT2D eigenvalue weighted by atomic mass is 16.2. The van der Waals surface area contributed by atoms with Crippen LogP contribution in [0.15, 0.2) is 18.6 Å². The number of aromatic nitrogens is 2. The van der Waals surface area contributed by atoms with E-state index in [9.17, 15) is 0 Å². The molecule has 0 saturated heterocycles. The van der Waals surface area contributed by atoms with E-state index in [1.165, 1.54) is 6.20 Å². The van der Waals surface area contributed by atoms with E-state index >= 15 is 0 Å². The highest BCUT2D eigenvalue weighted by Gasteiger charge is 1.74. The van der Waals surface area contributed by atoms with Crippen LogP contribution in [0.5, 0.6) is 0 Å². The number of nitrogen functional groups attached to an aromatic ring is 1. The monoisotopic (exact) mass is 127 g/mol. The Labute approximate surface area is 53.4 Å². The van der Waals surface area contributed by atoms with Crippen molar-refractivity contribution in [3.8, 4) is 0 Å². The van der Waals surface area contributed by atoms with Crippen molar-refractivity contribution in [2.45, 2.75) is 0 Å². The number of aliphatic hydroxyl groups is 1. The lowest BCUT2D eigenvalue weighted by Gasteiger charge is -1.82. The second-order valence-corrected chi connectivity index (χ2v) is 1.13. The van der Waals surface area contributed by atoms with E-state index < -0.39 is 0 Å². The minimum Gasteiger partial charge on any atom is -0.400 e. The summed E-state index contributed by atoms with van der Waals surface area (Å²) in [5, 5.41) is 7.00. The second-order valence-electron chi connectivity index (χ2n) is 1.13. The van der Waals surface area contributed by atoms with Crippen molar-refractivity contribution in [2.75, 3.05) is 12.8 Å². The maximum Gasteiger partial charge on any atom is 0.141 e. The van der Waals surface area contributed by atoms with Gasteiger partial charge in [-0.25, -0.2) is 4.98 Å². The lowest BCUT2D eigenvalue weighted by atomic mass is 10.7. The summed E-state index contributed by atoms with van der Waals surface area (Å²) in [6.45, 7) is 0. The first-order valence-electron chi connectivity index (χ1n) is 2.36. The minimum atomic E-state index is 0.461. The number of nitrogens with zero attached hydrogens (tertiary/aromatic N) is 2. The predicted molar refractivity (Wildman–Crippen MR) is 34.6 cm³/mol. The first-order valence-corrected chi connectivity index (χ1v) is 2.36. The molecule has 0 aromatic carbocycles. The molecule has 0 radical (unpaired) electrons. The van der Waals surface area contributed by atoms with Gasteiger partial charge in [-0.05, 0) is 0 Å². The van der Waals surface area contributed by atoms with Gasteiger partial charge < -0.3 is 10.8 Å². The summed E-state index contributed by atoms with van der Waals surface area (Å²) in [4.78, 5) is 7.39. The number of nitrogens with two attached hydrogens (primary N) is 1. The van der Waals surface area contributed by atoms with Crippen molar-refractivity contribution in [3.05, 3.63) is 18.6 Å². The average molecular weight is 127 g/mol. The molecule has 0 saturated carbocycles. The van der Waals surface area contributed by atoms with Crippen LogP contribution < -0.4 is 5.73 Å². The molecule has 1 aromatic rings. The van der Waals surface area contributed by atoms with Gasteiger partial charge >= 0.3 is 0 Å². The molecule has 0 fully saturated rings. The summed E-state index contributed by atoms with van der Waals surface area (Å²) >= 11 is 0. The van der Waals surface area contributed by atoms with Gasteiger partial charge in [-0.15, -0.1) is 0 Å². The van der Waals surface area contributed by atoms with E-state index in [0.717, 1.165) is 7.11 Å². The molecule has 3 N–H and O–H groups in total. The molecule has 4 heteroatoms. The molecule has 0 bridgehead atoms. The molecule has 0 aliphatic carbocycles. The topological polar surface area (TPSA) is 72.0 Å². The highest BCUT2D eigenvalue weighted by Crippen LogP contribution is 1.84. The summed E-state index contributed by atoms with van der Waals surface area (Å²) in [5.74, 6) is 0.461. The van der Waals surface area contributed by atoms with Gasteiger partial charge in [0, 0.05) is 19.5 Å². The van der Waals surface area contributed by atoms with Gasteiger partial charge in [0.05, 0.1) is 6.20 Å². The molecule has 9 heavy (non-hydrogen) atoms. The highest BCUT2D eigenvalue weighted by molar-refractivity contribution is 5.20. The van der Waals surface area contributed by atoms with Gasteiger partial charge in [0.15, 0.2) is 0 Å². The first-order chi connectivity index (χ1) is 4.39. The Morgan fingerprint density at radius 2 is 2.11 bits per heavy atom. The van der Waals surface area contributed by atoms with Crippen LogP contribution in [-0.2, 0) is 0 Å². The van der Waals surface area contributed by atoms with Crippen molar-refractivity contribution < 1.29 is 5.11 Å². The lowest BCUT2D eigenvalue weighted by molar-refractivity contribution is 0.399. The summed E-state index contributed by atoms with van der Waals surface area (Å²) in [5.41, 5.74) is 5.18. The number of hydrogen-bond acceptors (Lipinski definition) is 4. The first kappa shape index (κ1) is 7.84. The smallest absolute Gasteiger partial charge is 0.141 e. The number of anilines is 1. The van der Waals surface area contributed by atoms with Crippen molar-refractivity contribution in [2.24, 2.45) is 0 Å². The molecule has 1 heterocycles. The molecule has 0 atom stereocenters. The van der Waals surface area contributed by atoms with Crippen molar-refractivity contribution in [1.29, 1.82) is 0 Å². The van der Waals surface area contributed by atoms with Gasteiger partial charge in [-0.3, -0.25) is 4.98 Å². The normalized spacial score (nSPS) is 7.33. The van der Waals surface area contributed by atoms with Crippen LogP contribution in [0.25, 0.3) is 0 Å². The van der Waals surface area contributed by atoms with E-state index in [1.807, 2.05) is 0 Å². The molecule has 0 aliphatic heterocycles. The van der Waals surface area contributed by atoms with Gasteiger partial charge in [0.2, 0.25) is 0 Å². The third-order valence-corrected chi connectivity index (χ3v) is 0.583. The number of aliphatic hydroxyl groups excluding tert-OH is 1. The summed E-state index contributed by atoms with van der Waals surface area (Å²) in [7, 11) is 1.00. The zero-order valence-electron chi connectivity index (χ0n) is 5.15. The average Bonchev–Trinajstić information content (AvgIpc) is 1.94. The molecule has 0 spiro atoms. The van der Waals surface area contributed by atoms with Crippen LogP contribution in [0.3, 0.4) is 0 Å². The van der Waals surface area contributed by atoms with E-state index in [1.54, 1.807) is 12.4 Å². The van der Waals surface area contributed by atoms with Crippen LogP contribution in [-0.4, -0.2) is 22.2 Å². The van der Waals surface area contributed by atoms with Gasteiger partial charge in [-0.2, -0.15) is 0 Å². The van der Waals surface area contributed by atoms with E-state index in [2.05, 4.69) is 9.97 Å². The fraction of sp³-hybridized carbons (Fsp3) is 0.200. The molecule has 4 nitrogen and oxygen atoms in total. The third-order valence-electron chi connectivity index (χ3n) is 0.583. The second kappa shape index (κ2) is 4.99. The van der Waals surface area contributed by atoms with Crippen LogP contribution in [0.2, 0.25) is 0 Å². The molecule has 0 aliphatic rings. The van der Waals surface area contributed by atoms with E-state index in [0.29, 0.717) is 5.82 Å². The molecular weight excluding hydrogens is 118 g/mol. The Hall–Kier alpha value is -1.16. The quantitative estimate of drug-likeness (QED) is 0.500. The molecular formula is C5H9N3O. The Kier molecular flexibility index (Phi) is 4.34. The number of rotatable bonds is 0. The predicted octanol–water partition coefficient (Wildman–Crippen LogP) is -0.333. The number of hydrogen-bond donors (Lipinski definition) is 2. The van der Waals surface area contributed by atoms with Crippen LogP contribution in [0.1, 0.15) is 0 Å². The third kappa shape index (κ3) is 3.42. The summed E-state index contributed by atoms with van der Waals surface area (Å²) < 4.78 is 0. The maximum absolute atomic E-state index is 7.00. The minimum absolute atomic E-state index is 0.461. The zero-order valence-corrected chi connectivity index (χ0v) is 5.15. The maximum atomic E-state index is 7.00. The van der Waals surface area contributed by atoms with Crippen LogP contribution in [0, 0.1) is 0 Å². The van der Waals surface area contributed by atoms with Crippen LogP contribution in [0.4, 0.5) is 5.82 Å². The van der Waals surface area contributed by atoms with Crippen molar-refractivity contribution in [1.82, 2.24) is 9.97 Å². The van der Waals surface area contributed by atoms with Gasteiger partial charge in [-0.1, -0.05) is 0 Å². The largest absolute Gasteiger partial charge is 0.400 e. The van der Waals surface area contributed by atoms with Crippen molar-refractivity contribution in [3.63, 3.8) is 0 Å². The SMILES string of the molecule is CO.Nc1cnccn1. The van der Waals surface area contributed by atoms with E-state index in [4.69, 9.17) is 10.8 Å². The molecule has 1 rings (SSSR count). The Bertz CT molecular complexity index is 142. The Morgan fingerprint density at radius 3 is 2.33 bits per heavy atom. The summed E-state index contributed by atoms with van der Waals surface area (Å²) in [6, 6.07) is 0. The fourth-order valence-corrected chi connectivity index (χ4v) is 0.311. The zero-order chi connectivity index (χ0) is 7.11. The standard InChI is InChI=1S/C4H5N3.CH4O/c5-4-3-6-1-2-7-4;1-2/h1-3H,(H2,5,7);2H,1H3. The summed E-state index contributed by atoms with van der Waals surface area (Å²) in [6.07, 6.45) is 4.63. The lowest BCUT2D eigenvalue weighted by Crippen LogP contribution is -1.87. The molecule has 0 unspecified atom stereocenters. The molecule has 1 aromatic heterocycles. The Morgan fingerprint density at radius 1 is 1.44 bits per heavy atom. The molecule has 0 amide bonds. The van der Waals surface area contributed by atoms with Gasteiger partial charge in [0.1, 0.15) is 5.82 Å². The van der Waals surface area contributed by atoms with Crippen molar-refractivity contribution >= 4 is 5.82 Å². The fourth-order valence-electron chi connectivity index (χ4n) is 0.311.